The van der Waals surface area contributed by atoms with Crippen molar-refractivity contribution in [1.82, 2.24) is 0 Å². The molecule has 0 saturated carbocycles. The number of halogens is 3. The number of ether oxygens (including phenoxy) is 1. The molecule has 7 heteroatoms. The Bertz CT molecular complexity index is 397. The molecule has 0 bridgehead atoms. The summed E-state index contributed by atoms with van der Waals surface area (Å²) in [4.78, 5) is 10.5. The molecule has 2 N–H and O–H groups in total. The van der Waals surface area contributed by atoms with E-state index in [1.807, 2.05) is 0 Å². The van der Waals surface area contributed by atoms with Gasteiger partial charge in [-0.05, 0) is 18.2 Å². The van der Waals surface area contributed by atoms with Crippen LogP contribution in [0.15, 0.2) is 18.2 Å². The topological polar surface area (TPSA) is 66.8 Å². The molecule has 1 aromatic carbocycles. The summed E-state index contributed by atoms with van der Waals surface area (Å²) >= 11 is 5.61. The zero-order chi connectivity index (χ0) is 12.3. The zero-order valence-corrected chi connectivity index (χ0v) is 8.49. The van der Waals surface area contributed by atoms with Gasteiger partial charge in [-0.2, -0.15) is 8.78 Å². The molecule has 16 heavy (non-hydrogen) atoms. The third-order valence-corrected chi connectivity index (χ3v) is 2.07. The molecule has 88 valence electrons. The number of carboxylic acids is 1. The Morgan fingerprint density at radius 3 is 2.56 bits per heavy atom. The van der Waals surface area contributed by atoms with Crippen LogP contribution in [0.25, 0.3) is 0 Å². The number of hydrogen-bond acceptors (Lipinski definition) is 3. The second-order valence-electron chi connectivity index (χ2n) is 2.80. The van der Waals surface area contributed by atoms with E-state index >= 15 is 0 Å². The first kappa shape index (κ1) is 12.7. The van der Waals surface area contributed by atoms with Crippen LogP contribution in [0.4, 0.5) is 8.78 Å². The minimum Gasteiger partial charge on any atom is -0.479 e. The van der Waals surface area contributed by atoms with Gasteiger partial charge in [0.2, 0.25) is 0 Å². The first-order valence-corrected chi connectivity index (χ1v) is 4.44. The molecule has 0 amide bonds. The number of carbonyl (C=O) groups is 1. The molecule has 0 fully saturated rings. The lowest BCUT2D eigenvalue weighted by Crippen LogP contribution is -2.11. The van der Waals surface area contributed by atoms with Crippen molar-refractivity contribution in [3.63, 3.8) is 0 Å². The number of hydrogen-bond donors (Lipinski definition) is 2. The van der Waals surface area contributed by atoms with Gasteiger partial charge in [-0.1, -0.05) is 11.6 Å². The molecule has 0 radical (unpaired) electrons. The van der Waals surface area contributed by atoms with Crippen LogP contribution in [0.1, 0.15) is 11.7 Å². The maximum Gasteiger partial charge on any atom is 0.387 e. The van der Waals surface area contributed by atoms with Gasteiger partial charge < -0.3 is 14.9 Å². The Labute approximate surface area is 94.0 Å². The molecule has 0 aliphatic rings. The average Bonchev–Trinajstić information content (AvgIpc) is 2.19. The average molecular weight is 253 g/mol. The van der Waals surface area contributed by atoms with Gasteiger partial charge in [-0.15, -0.1) is 0 Å². The summed E-state index contributed by atoms with van der Waals surface area (Å²) in [6.45, 7) is -3.03. The summed E-state index contributed by atoms with van der Waals surface area (Å²) in [5, 5.41) is 17.7. The Kier molecular flexibility index (Phi) is 4.03. The van der Waals surface area contributed by atoms with Gasteiger partial charge in [-0.25, -0.2) is 4.79 Å². The summed E-state index contributed by atoms with van der Waals surface area (Å²) in [6.07, 6.45) is -1.88. The Morgan fingerprint density at radius 2 is 2.06 bits per heavy atom. The molecule has 0 aliphatic heterocycles. The smallest absolute Gasteiger partial charge is 0.387 e. The molecule has 1 unspecified atom stereocenters. The minimum absolute atomic E-state index is 0.0449. The van der Waals surface area contributed by atoms with E-state index in [1.165, 1.54) is 6.07 Å². The standard InChI is InChI=1S/C9H7ClF2O4/c10-6-2-1-4(16-9(11)12)3-5(6)7(13)8(14)15/h1-3,7,9,13H,(H,14,15). The first-order chi connectivity index (χ1) is 7.41. The van der Waals surface area contributed by atoms with Crippen molar-refractivity contribution >= 4 is 17.6 Å². The van der Waals surface area contributed by atoms with Crippen LogP contribution >= 0.6 is 11.6 Å². The number of aliphatic hydroxyl groups is 1. The van der Waals surface area contributed by atoms with Gasteiger partial charge >= 0.3 is 12.6 Å². The molecule has 0 aromatic heterocycles. The van der Waals surface area contributed by atoms with Crippen LogP contribution in [0.2, 0.25) is 5.02 Å². The lowest BCUT2D eigenvalue weighted by Gasteiger charge is -2.10. The van der Waals surface area contributed by atoms with Crippen molar-refractivity contribution in [3.8, 4) is 5.75 Å². The SMILES string of the molecule is O=C(O)C(O)c1cc(OC(F)F)ccc1Cl. The maximum atomic E-state index is 11.9. The van der Waals surface area contributed by atoms with Crippen LogP contribution in [0.5, 0.6) is 5.75 Å². The quantitative estimate of drug-likeness (QED) is 0.861. The van der Waals surface area contributed by atoms with Crippen LogP contribution in [0, 0.1) is 0 Å². The molecule has 0 spiro atoms. The van der Waals surface area contributed by atoms with Crippen molar-refractivity contribution in [2.24, 2.45) is 0 Å². The third kappa shape index (κ3) is 3.04. The molecule has 0 aliphatic carbocycles. The van der Waals surface area contributed by atoms with E-state index in [9.17, 15) is 18.7 Å². The summed E-state index contributed by atoms with van der Waals surface area (Å²) in [5.74, 6) is -1.80. The van der Waals surface area contributed by atoms with E-state index in [0.717, 1.165) is 12.1 Å². The van der Waals surface area contributed by atoms with Crippen molar-refractivity contribution in [2.75, 3.05) is 0 Å². The van der Waals surface area contributed by atoms with Crippen molar-refractivity contribution in [3.05, 3.63) is 28.8 Å². The fraction of sp³-hybridized carbons (Fsp3) is 0.222. The Hall–Kier alpha value is -1.40. The van der Waals surface area contributed by atoms with Crippen LogP contribution < -0.4 is 4.74 Å². The van der Waals surface area contributed by atoms with Gasteiger partial charge in [0.15, 0.2) is 6.10 Å². The predicted octanol–water partition coefficient (Wildman–Crippen LogP) is 2.06. The molecule has 4 nitrogen and oxygen atoms in total. The minimum atomic E-state index is -3.03. The number of aliphatic hydroxyl groups excluding tert-OH is 1. The molecule has 1 atom stereocenters. The normalized spacial score (nSPS) is 12.6. The highest BCUT2D eigenvalue weighted by atomic mass is 35.5. The lowest BCUT2D eigenvalue weighted by molar-refractivity contribution is -0.146. The van der Waals surface area contributed by atoms with E-state index in [4.69, 9.17) is 16.7 Å². The Balaban J connectivity index is 3.03. The summed E-state index contributed by atoms with van der Waals surface area (Å²) < 4.78 is 27.8. The van der Waals surface area contributed by atoms with Gasteiger partial charge in [0.25, 0.3) is 0 Å². The van der Waals surface area contributed by atoms with Crippen molar-refractivity contribution in [1.29, 1.82) is 0 Å². The highest BCUT2D eigenvalue weighted by Crippen LogP contribution is 2.28. The largest absolute Gasteiger partial charge is 0.479 e. The van der Waals surface area contributed by atoms with E-state index in [1.54, 1.807) is 0 Å². The van der Waals surface area contributed by atoms with E-state index in [0.29, 0.717) is 0 Å². The van der Waals surface area contributed by atoms with Gasteiger partial charge in [0, 0.05) is 10.6 Å². The summed E-state index contributed by atoms with van der Waals surface area (Å²) in [5.41, 5.74) is -0.202. The molecule has 0 heterocycles. The van der Waals surface area contributed by atoms with E-state index in [2.05, 4.69) is 4.74 Å². The fourth-order valence-corrected chi connectivity index (χ4v) is 1.26. The Morgan fingerprint density at radius 1 is 1.44 bits per heavy atom. The van der Waals surface area contributed by atoms with E-state index < -0.39 is 18.7 Å². The van der Waals surface area contributed by atoms with Gasteiger partial charge in [0.1, 0.15) is 5.75 Å². The highest BCUT2D eigenvalue weighted by Gasteiger charge is 2.20. The second-order valence-corrected chi connectivity index (χ2v) is 3.21. The molecular formula is C9H7ClF2O4. The van der Waals surface area contributed by atoms with Crippen molar-refractivity contribution < 1.29 is 28.5 Å². The van der Waals surface area contributed by atoms with E-state index in [-0.39, 0.29) is 16.3 Å². The monoisotopic (exact) mass is 252 g/mol. The third-order valence-electron chi connectivity index (χ3n) is 1.72. The number of alkyl halides is 2. The van der Waals surface area contributed by atoms with Crippen LogP contribution in [0.3, 0.4) is 0 Å². The molecule has 1 rings (SSSR count). The van der Waals surface area contributed by atoms with Crippen LogP contribution in [-0.4, -0.2) is 22.8 Å². The predicted molar refractivity (Wildman–Crippen MR) is 50.7 cm³/mol. The summed E-state index contributed by atoms with van der Waals surface area (Å²) in [6, 6.07) is 3.26. The number of aliphatic carboxylic acids is 1. The first-order valence-electron chi connectivity index (χ1n) is 4.07. The molecule has 0 saturated heterocycles. The number of rotatable bonds is 4. The number of benzene rings is 1. The lowest BCUT2D eigenvalue weighted by atomic mass is 10.1. The summed E-state index contributed by atoms with van der Waals surface area (Å²) in [7, 11) is 0. The van der Waals surface area contributed by atoms with Gasteiger partial charge in [-0.3, -0.25) is 0 Å². The maximum absolute atomic E-state index is 11.9. The fourth-order valence-electron chi connectivity index (χ4n) is 1.04. The van der Waals surface area contributed by atoms with Crippen LogP contribution in [-0.2, 0) is 4.79 Å². The molecular weight excluding hydrogens is 246 g/mol. The molecule has 1 aromatic rings. The highest BCUT2D eigenvalue weighted by molar-refractivity contribution is 6.31. The number of carboxylic acid groups (broad SMARTS) is 1. The van der Waals surface area contributed by atoms with Crippen molar-refractivity contribution in [2.45, 2.75) is 12.7 Å². The zero-order valence-electron chi connectivity index (χ0n) is 7.73. The second kappa shape index (κ2) is 5.09. The van der Waals surface area contributed by atoms with Gasteiger partial charge in [0.05, 0.1) is 0 Å².